The first kappa shape index (κ1) is 18.2. The van der Waals surface area contributed by atoms with Crippen molar-refractivity contribution < 1.29 is 0 Å². The van der Waals surface area contributed by atoms with Crippen LogP contribution in [0.2, 0.25) is 0 Å². The maximum atomic E-state index is 3.52. The lowest BCUT2D eigenvalue weighted by Crippen LogP contribution is -2.20. The Kier molecular flexibility index (Phi) is 7.45. The zero-order chi connectivity index (χ0) is 15.9. The number of nitrogens with one attached hydrogen (secondary N) is 1. The Morgan fingerprint density at radius 2 is 1.67 bits per heavy atom. The highest BCUT2D eigenvalue weighted by atomic mass is 14.9. The molecule has 1 heteroatoms. The van der Waals surface area contributed by atoms with Crippen LogP contribution in [0.25, 0.3) is 0 Å². The van der Waals surface area contributed by atoms with Crippen LogP contribution in [0, 0.1) is 5.92 Å². The Bertz CT molecular complexity index is 385. The van der Waals surface area contributed by atoms with Gasteiger partial charge in [0.05, 0.1) is 0 Å². The van der Waals surface area contributed by atoms with Crippen LogP contribution < -0.4 is 5.32 Å². The predicted molar refractivity (Wildman–Crippen MR) is 94.9 cm³/mol. The highest BCUT2D eigenvalue weighted by Gasteiger charge is 2.17. The van der Waals surface area contributed by atoms with E-state index in [2.05, 4.69) is 71.2 Å². The van der Waals surface area contributed by atoms with Crippen LogP contribution in [-0.2, 0) is 5.41 Å². The number of rotatable bonds is 8. The third-order valence-electron chi connectivity index (χ3n) is 4.64. The highest BCUT2D eigenvalue weighted by molar-refractivity contribution is 5.29. The van der Waals surface area contributed by atoms with E-state index >= 15 is 0 Å². The molecule has 0 saturated carbocycles. The standard InChI is InChI=1S/C20H35N/c1-7-9-10-16(8-2)15-19(21-6)17-11-13-18(14-12-17)20(3,4)5/h11-14,16,19,21H,7-10,15H2,1-6H3. The van der Waals surface area contributed by atoms with Gasteiger partial charge in [-0.05, 0) is 35.9 Å². The number of unbranched alkanes of at least 4 members (excludes halogenated alkanes) is 1. The fourth-order valence-electron chi connectivity index (χ4n) is 2.95. The molecule has 0 saturated heterocycles. The summed E-state index contributed by atoms with van der Waals surface area (Å²) in [7, 11) is 2.09. The van der Waals surface area contributed by atoms with Gasteiger partial charge in [-0.15, -0.1) is 0 Å². The van der Waals surface area contributed by atoms with Gasteiger partial charge in [-0.1, -0.05) is 84.6 Å². The molecule has 0 aliphatic heterocycles. The molecule has 0 heterocycles. The second kappa shape index (κ2) is 8.58. The van der Waals surface area contributed by atoms with Crippen molar-refractivity contribution in [3.63, 3.8) is 0 Å². The molecule has 0 fully saturated rings. The van der Waals surface area contributed by atoms with Gasteiger partial charge in [-0.25, -0.2) is 0 Å². The van der Waals surface area contributed by atoms with E-state index in [0.29, 0.717) is 6.04 Å². The molecule has 0 aliphatic carbocycles. The first-order valence-corrected chi connectivity index (χ1v) is 8.70. The summed E-state index contributed by atoms with van der Waals surface area (Å²) in [6.07, 6.45) is 6.57. The van der Waals surface area contributed by atoms with Gasteiger partial charge in [-0.2, -0.15) is 0 Å². The summed E-state index contributed by atoms with van der Waals surface area (Å²) in [6.45, 7) is 11.4. The van der Waals surface area contributed by atoms with Gasteiger partial charge in [-0.3, -0.25) is 0 Å². The number of hydrogen-bond acceptors (Lipinski definition) is 1. The monoisotopic (exact) mass is 289 g/mol. The molecule has 1 aromatic carbocycles. The first-order valence-electron chi connectivity index (χ1n) is 8.70. The van der Waals surface area contributed by atoms with E-state index in [-0.39, 0.29) is 5.41 Å². The van der Waals surface area contributed by atoms with Crippen LogP contribution in [0.15, 0.2) is 24.3 Å². The molecular formula is C20H35N. The largest absolute Gasteiger partial charge is 0.313 e. The summed E-state index contributed by atoms with van der Waals surface area (Å²) in [4.78, 5) is 0. The molecule has 21 heavy (non-hydrogen) atoms. The van der Waals surface area contributed by atoms with Crippen LogP contribution in [0.3, 0.4) is 0 Å². The van der Waals surface area contributed by atoms with Crippen molar-refractivity contribution in [2.24, 2.45) is 5.92 Å². The first-order chi connectivity index (χ1) is 9.92. The van der Waals surface area contributed by atoms with Gasteiger partial charge in [0, 0.05) is 6.04 Å². The van der Waals surface area contributed by atoms with Crippen LogP contribution in [0.4, 0.5) is 0 Å². The van der Waals surface area contributed by atoms with Crippen molar-refractivity contribution in [3.8, 4) is 0 Å². The molecule has 120 valence electrons. The Morgan fingerprint density at radius 3 is 2.10 bits per heavy atom. The molecule has 1 nitrogen and oxygen atoms in total. The summed E-state index contributed by atoms with van der Waals surface area (Å²) in [5.74, 6) is 0.838. The van der Waals surface area contributed by atoms with Gasteiger partial charge in [0.15, 0.2) is 0 Å². The van der Waals surface area contributed by atoms with Crippen LogP contribution in [0.1, 0.15) is 83.9 Å². The van der Waals surface area contributed by atoms with Crippen molar-refractivity contribution in [2.45, 2.75) is 78.2 Å². The van der Waals surface area contributed by atoms with Crippen molar-refractivity contribution >= 4 is 0 Å². The zero-order valence-corrected chi connectivity index (χ0v) is 15.0. The molecule has 2 unspecified atom stereocenters. The van der Waals surface area contributed by atoms with Gasteiger partial charge < -0.3 is 5.32 Å². The molecule has 2 atom stereocenters. The minimum atomic E-state index is 0.237. The van der Waals surface area contributed by atoms with E-state index < -0.39 is 0 Å². The Morgan fingerprint density at radius 1 is 1.05 bits per heavy atom. The van der Waals surface area contributed by atoms with E-state index in [1.54, 1.807) is 0 Å². The Labute approximate surface area is 132 Å². The molecule has 1 aromatic rings. The molecule has 1 rings (SSSR count). The minimum Gasteiger partial charge on any atom is -0.313 e. The smallest absolute Gasteiger partial charge is 0.0320 e. The maximum absolute atomic E-state index is 3.52. The third-order valence-corrected chi connectivity index (χ3v) is 4.64. The number of hydrogen-bond donors (Lipinski definition) is 1. The summed E-state index contributed by atoms with van der Waals surface area (Å²) in [6, 6.07) is 9.71. The lowest BCUT2D eigenvalue weighted by atomic mass is 9.85. The van der Waals surface area contributed by atoms with Gasteiger partial charge in [0.2, 0.25) is 0 Å². The van der Waals surface area contributed by atoms with Crippen molar-refractivity contribution in [2.75, 3.05) is 7.05 Å². The molecule has 0 radical (unpaired) electrons. The van der Waals surface area contributed by atoms with Crippen LogP contribution in [-0.4, -0.2) is 7.05 Å². The van der Waals surface area contributed by atoms with E-state index in [4.69, 9.17) is 0 Å². The topological polar surface area (TPSA) is 12.0 Å². The predicted octanol–water partition coefficient (Wildman–Crippen LogP) is 5.85. The zero-order valence-electron chi connectivity index (χ0n) is 15.0. The fourth-order valence-corrected chi connectivity index (χ4v) is 2.95. The molecule has 0 spiro atoms. The minimum absolute atomic E-state index is 0.237. The second-order valence-electron chi connectivity index (χ2n) is 7.37. The summed E-state index contributed by atoms with van der Waals surface area (Å²) in [5, 5.41) is 3.52. The molecule has 0 amide bonds. The van der Waals surface area contributed by atoms with Crippen LogP contribution in [0.5, 0.6) is 0 Å². The SMILES string of the molecule is CCCCC(CC)CC(NC)c1ccc(C(C)(C)C)cc1. The quantitative estimate of drug-likeness (QED) is 0.633. The third kappa shape index (κ3) is 5.82. The lowest BCUT2D eigenvalue weighted by molar-refractivity contribution is 0.365. The lowest BCUT2D eigenvalue weighted by Gasteiger charge is -2.24. The van der Waals surface area contributed by atoms with Crippen LogP contribution >= 0.6 is 0 Å². The van der Waals surface area contributed by atoms with E-state index in [1.165, 1.54) is 43.2 Å². The summed E-state index contributed by atoms with van der Waals surface area (Å²) < 4.78 is 0. The van der Waals surface area contributed by atoms with Crippen molar-refractivity contribution in [1.82, 2.24) is 5.32 Å². The average molecular weight is 290 g/mol. The molecule has 0 bridgehead atoms. The summed E-state index contributed by atoms with van der Waals surface area (Å²) in [5.41, 5.74) is 3.08. The van der Waals surface area contributed by atoms with Gasteiger partial charge in [0.25, 0.3) is 0 Å². The molecule has 1 N–H and O–H groups in total. The van der Waals surface area contributed by atoms with Gasteiger partial charge >= 0.3 is 0 Å². The maximum Gasteiger partial charge on any atom is 0.0320 e. The Hall–Kier alpha value is -0.820. The molecule has 0 aromatic heterocycles. The number of benzene rings is 1. The van der Waals surface area contributed by atoms with Gasteiger partial charge in [0.1, 0.15) is 0 Å². The molecule has 0 aliphatic rings. The highest BCUT2D eigenvalue weighted by Crippen LogP contribution is 2.28. The summed E-state index contributed by atoms with van der Waals surface area (Å²) >= 11 is 0. The van der Waals surface area contributed by atoms with Crippen molar-refractivity contribution in [3.05, 3.63) is 35.4 Å². The normalized spacial score (nSPS) is 15.0. The molecular weight excluding hydrogens is 254 g/mol. The Balaban J connectivity index is 2.75. The van der Waals surface area contributed by atoms with E-state index in [0.717, 1.165) is 5.92 Å². The van der Waals surface area contributed by atoms with E-state index in [9.17, 15) is 0 Å². The van der Waals surface area contributed by atoms with Crippen molar-refractivity contribution in [1.29, 1.82) is 0 Å². The average Bonchev–Trinajstić information content (AvgIpc) is 2.47. The fraction of sp³-hybridized carbons (Fsp3) is 0.700. The van der Waals surface area contributed by atoms with E-state index in [1.807, 2.05) is 0 Å². The second-order valence-corrected chi connectivity index (χ2v) is 7.37.